The van der Waals surface area contributed by atoms with Gasteiger partial charge in [0.25, 0.3) is 5.91 Å². The van der Waals surface area contributed by atoms with E-state index in [4.69, 9.17) is 5.11 Å². The van der Waals surface area contributed by atoms with E-state index in [0.717, 1.165) is 5.56 Å². The number of nitrogens with zero attached hydrogens (tertiary/aromatic N) is 1. The van der Waals surface area contributed by atoms with E-state index >= 15 is 0 Å². The van der Waals surface area contributed by atoms with E-state index < -0.39 is 5.97 Å². The molecular weight excluding hydrogens is 356 g/mol. The molecule has 1 heterocycles. The van der Waals surface area contributed by atoms with Crippen LogP contribution in [0, 0.1) is 5.92 Å². The molecule has 1 saturated heterocycles. The van der Waals surface area contributed by atoms with Gasteiger partial charge in [-0.05, 0) is 49.1 Å². The Morgan fingerprint density at radius 1 is 0.964 bits per heavy atom. The molecule has 2 aromatic carbocycles. The van der Waals surface area contributed by atoms with E-state index in [1.54, 1.807) is 35.2 Å². The maximum Gasteiger partial charge on any atom is 0.335 e. The number of hydrogen-bond donors (Lipinski definition) is 2. The standard InChI is InChI=1S/C22H24N2O4/c25-20(23-12-9-16-5-4-8-19(15-16)22(27)28)17-10-13-24(14-11-17)21(26)18-6-2-1-3-7-18/h1-8,15,17H,9-14H2,(H,23,25)(H,27,28). The molecule has 146 valence electrons. The van der Waals surface area contributed by atoms with Crippen LogP contribution >= 0.6 is 0 Å². The summed E-state index contributed by atoms with van der Waals surface area (Å²) < 4.78 is 0. The SMILES string of the molecule is O=C(O)c1cccc(CCNC(=O)C2CCN(C(=O)c3ccccc3)CC2)c1. The Morgan fingerprint density at radius 2 is 1.64 bits per heavy atom. The summed E-state index contributed by atoms with van der Waals surface area (Å²) in [6.45, 7) is 1.62. The smallest absolute Gasteiger partial charge is 0.335 e. The summed E-state index contributed by atoms with van der Waals surface area (Å²) in [5.74, 6) is -1.04. The van der Waals surface area contributed by atoms with Crippen molar-refractivity contribution in [3.8, 4) is 0 Å². The van der Waals surface area contributed by atoms with Crippen LogP contribution in [-0.2, 0) is 11.2 Å². The van der Waals surface area contributed by atoms with Crippen LogP contribution in [0.3, 0.4) is 0 Å². The number of carboxylic acids is 1. The van der Waals surface area contributed by atoms with Crippen molar-refractivity contribution in [2.24, 2.45) is 5.92 Å². The first-order chi connectivity index (χ1) is 13.5. The van der Waals surface area contributed by atoms with Crippen LogP contribution in [0.2, 0.25) is 0 Å². The monoisotopic (exact) mass is 380 g/mol. The predicted molar refractivity (Wildman–Crippen MR) is 105 cm³/mol. The summed E-state index contributed by atoms with van der Waals surface area (Å²) in [6.07, 6.45) is 1.88. The minimum Gasteiger partial charge on any atom is -0.478 e. The maximum absolute atomic E-state index is 12.5. The Bertz CT molecular complexity index is 843. The van der Waals surface area contributed by atoms with E-state index in [2.05, 4.69) is 5.32 Å². The molecule has 6 nitrogen and oxygen atoms in total. The highest BCUT2D eigenvalue weighted by atomic mass is 16.4. The predicted octanol–water partition coefficient (Wildman–Crippen LogP) is 2.60. The van der Waals surface area contributed by atoms with E-state index in [1.807, 2.05) is 24.3 Å². The lowest BCUT2D eigenvalue weighted by Gasteiger charge is -2.31. The molecule has 0 atom stereocenters. The van der Waals surface area contributed by atoms with Crippen molar-refractivity contribution in [3.05, 3.63) is 71.3 Å². The minimum atomic E-state index is -0.956. The van der Waals surface area contributed by atoms with Crippen molar-refractivity contribution in [3.63, 3.8) is 0 Å². The molecule has 0 saturated carbocycles. The van der Waals surface area contributed by atoms with Gasteiger partial charge in [0.15, 0.2) is 0 Å². The molecule has 28 heavy (non-hydrogen) atoms. The zero-order valence-corrected chi connectivity index (χ0v) is 15.6. The van der Waals surface area contributed by atoms with Gasteiger partial charge in [-0.15, -0.1) is 0 Å². The summed E-state index contributed by atoms with van der Waals surface area (Å²) >= 11 is 0. The van der Waals surface area contributed by atoms with Crippen molar-refractivity contribution in [1.29, 1.82) is 0 Å². The molecule has 3 rings (SSSR count). The number of carboxylic acid groups (broad SMARTS) is 1. The van der Waals surface area contributed by atoms with Gasteiger partial charge in [0, 0.05) is 31.1 Å². The van der Waals surface area contributed by atoms with Gasteiger partial charge < -0.3 is 15.3 Å². The Hall–Kier alpha value is -3.15. The summed E-state index contributed by atoms with van der Waals surface area (Å²) in [5, 5.41) is 12.0. The third-order valence-electron chi connectivity index (χ3n) is 5.06. The topological polar surface area (TPSA) is 86.7 Å². The number of likely N-dealkylation sites (tertiary alicyclic amines) is 1. The molecule has 0 unspecified atom stereocenters. The Labute approximate surface area is 164 Å². The lowest BCUT2D eigenvalue weighted by Crippen LogP contribution is -2.43. The van der Waals surface area contributed by atoms with Crippen molar-refractivity contribution in [2.45, 2.75) is 19.3 Å². The fourth-order valence-electron chi connectivity index (χ4n) is 3.44. The number of aromatic carboxylic acids is 1. The van der Waals surface area contributed by atoms with E-state index in [1.165, 1.54) is 0 Å². The van der Waals surface area contributed by atoms with Crippen molar-refractivity contribution in [2.75, 3.05) is 19.6 Å². The fourth-order valence-corrected chi connectivity index (χ4v) is 3.44. The molecular formula is C22H24N2O4. The van der Waals surface area contributed by atoms with Gasteiger partial charge in [0.05, 0.1) is 5.56 Å². The van der Waals surface area contributed by atoms with Gasteiger partial charge in [-0.25, -0.2) is 4.79 Å². The highest BCUT2D eigenvalue weighted by Crippen LogP contribution is 2.19. The highest BCUT2D eigenvalue weighted by molar-refractivity contribution is 5.94. The number of carbonyl (C=O) groups is 3. The van der Waals surface area contributed by atoms with Crippen molar-refractivity contribution in [1.82, 2.24) is 10.2 Å². The molecule has 2 amide bonds. The summed E-state index contributed by atoms with van der Waals surface area (Å²) in [6, 6.07) is 15.9. The molecule has 6 heteroatoms. The highest BCUT2D eigenvalue weighted by Gasteiger charge is 2.27. The maximum atomic E-state index is 12.5. The number of nitrogens with one attached hydrogen (secondary N) is 1. The third-order valence-corrected chi connectivity index (χ3v) is 5.06. The summed E-state index contributed by atoms with van der Waals surface area (Å²) in [5.41, 5.74) is 1.80. The zero-order chi connectivity index (χ0) is 19.9. The van der Waals surface area contributed by atoms with Gasteiger partial charge in [-0.2, -0.15) is 0 Å². The number of carbonyl (C=O) groups excluding carboxylic acids is 2. The Balaban J connectivity index is 1.43. The Morgan fingerprint density at radius 3 is 2.32 bits per heavy atom. The number of hydrogen-bond acceptors (Lipinski definition) is 3. The van der Waals surface area contributed by atoms with E-state index in [-0.39, 0.29) is 23.3 Å². The van der Waals surface area contributed by atoms with E-state index in [9.17, 15) is 14.4 Å². The quantitative estimate of drug-likeness (QED) is 0.806. The van der Waals surface area contributed by atoms with Crippen LogP contribution in [0.4, 0.5) is 0 Å². The molecule has 0 aromatic heterocycles. The fraction of sp³-hybridized carbons (Fsp3) is 0.318. The van der Waals surface area contributed by atoms with E-state index in [0.29, 0.717) is 44.5 Å². The lowest BCUT2D eigenvalue weighted by molar-refractivity contribution is -0.126. The molecule has 0 aliphatic carbocycles. The van der Waals surface area contributed by atoms with Crippen LogP contribution in [0.15, 0.2) is 54.6 Å². The average molecular weight is 380 g/mol. The molecule has 0 spiro atoms. The molecule has 1 fully saturated rings. The van der Waals surface area contributed by atoms with Gasteiger partial charge in [-0.1, -0.05) is 30.3 Å². The zero-order valence-electron chi connectivity index (χ0n) is 15.6. The first kappa shape index (κ1) is 19.6. The first-order valence-corrected chi connectivity index (χ1v) is 9.49. The second kappa shape index (κ2) is 9.17. The molecule has 2 aromatic rings. The lowest BCUT2D eigenvalue weighted by atomic mass is 9.95. The van der Waals surface area contributed by atoms with Gasteiger partial charge in [0.1, 0.15) is 0 Å². The summed E-state index contributed by atoms with van der Waals surface area (Å²) in [7, 11) is 0. The van der Waals surface area contributed by atoms with Crippen LogP contribution in [0.5, 0.6) is 0 Å². The van der Waals surface area contributed by atoms with Crippen LogP contribution in [-0.4, -0.2) is 47.4 Å². The number of benzene rings is 2. The minimum absolute atomic E-state index is 0.00111. The third kappa shape index (κ3) is 4.97. The number of amides is 2. The van der Waals surface area contributed by atoms with Crippen molar-refractivity contribution < 1.29 is 19.5 Å². The number of piperidine rings is 1. The van der Waals surface area contributed by atoms with Crippen molar-refractivity contribution >= 4 is 17.8 Å². The molecule has 0 radical (unpaired) electrons. The van der Waals surface area contributed by atoms with Crippen LogP contribution in [0.1, 0.15) is 39.1 Å². The largest absolute Gasteiger partial charge is 0.478 e. The summed E-state index contributed by atoms with van der Waals surface area (Å²) in [4.78, 5) is 37.7. The first-order valence-electron chi connectivity index (χ1n) is 9.49. The van der Waals surface area contributed by atoms with Gasteiger partial charge in [0.2, 0.25) is 5.91 Å². The molecule has 0 bridgehead atoms. The van der Waals surface area contributed by atoms with Gasteiger partial charge >= 0.3 is 5.97 Å². The molecule has 1 aliphatic rings. The normalized spacial score (nSPS) is 14.5. The van der Waals surface area contributed by atoms with Gasteiger partial charge in [-0.3, -0.25) is 9.59 Å². The average Bonchev–Trinajstić information content (AvgIpc) is 2.74. The Kier molecular flexibility index (Phi) is 6.42. The number of rotatable bonds is 6. The van der Waals surface area contributed by atoms with Crippen LogP contribution in [0.25, 0.3) is 0 Å². The second-order valence-electron chi connectivity index (χ2n) is 6.98. The second-order valence-corrected chi connectivity index (χ2v) is 6.98. The molecule has 1 aliphatic heterocycles. The molecule has 2 N–H and O–H groups in total. The van der Waals surface area contributed by atoms with Crippen LogP contribution < -0.4 is 5.32 Å².